The normalized spacial score (nSPS) is 10.3. The molecule has 0 saturated carbocycles. The first-order valence-electron chi connectivity index (χ1n) is 6.26. The van der Waals surface area contributed by atoms with Crippen molar-refractivity contribution in [2.75, 3.05) is 6.54 Å². The highest BCUT2D eigenvalue weighted by Gasteiger charge is 1.98. The number of benzene rings is 1. The van der Waals surface area contributed by atoms with Gasteiger partial charge in [-0.15, -0.1) is 0 Å². The molecule has 3 heteroatoms. The molecule has 3 nitrogen and oxygen atoms in total. The van der Waals surface area contributed by atoms with Gasteiger partial charge < -0.3 is 10.1 Å². The lowest BCUT2D eigenvalue weighted by Gasteiger charge is -2.08. The third-order valence-corrected chi connectivity index (χ3v) is 2.52. The number of hydrogen-bond donors (Lipinski definition) is 1. The van der Waals surface area contributed by atoms with Crippen molar-refractivity contribution in [2.45, 2.75) is 19.9 Å². The molecule has 94 valence electrons. The van der Waals surface area contributed by atoms with Crippen LogP contribution in [-0.2, 0) is 6.54 Å². The fourth-order valence-electron chi connectivity index (χ4n) is 1.67. The summed E-state index contributed by atoms with van der Waals surface area (Å²) in [5.41, 5.74) is 1.23. The van der Waals surface area contributed by atoms with Gasteiger partial charge in [0, 0.05) is 12.7 Å². The van der Waals surface area contributed by atoms with Crippen molar-refractivity contribution in [3.8, 4) is 11.5 Å². The largest absolute Gasteiger partial charge is 0.456 e. The number of pyridine rings is 1. The van der Waals surface area contributed by atoms with Crippen LogP contribution in [0, 0.1) is 0 Å². The van der Waals surface area contributed by atoms with E-state index in [2.05, 4.69) is 29.4 Å². The monoisotopic (exact) mass is 242 g/mol. The van der Waals surface area contributed by atoms with Crippen LogP contribution in [-0.4, -0.2) is 11.5 Å². The molecule has 0 unspecified atom stereocenters. The van der Waals surface area contributed by atoms with Crippen LogP contribution in [0.5, 0.6) is 11.5 Å². The minimum Gasteiger partial charge on any atom is -0.456 e. The summed E-state index contributed by atoms with van der Waals surface area (Å²) in [7, 11) is 0. The molecule has 1 N–H and O–H groups in total. The Morgan fingerprint density at radius 1 is 1.17 bits per heavy atom. The summed E-state index contributed by atoms with van der Waals surface area (Å²) in [5.74, 6) is 1.61. The first-order valence-corrected chi connectivity index (χ1v) is 6.26. The summed E-state index contributed by atoms with van der Waals surface area (Å²) < 4.78 is 5.74. The lowest BCUT2D eigenvalue weighted by molar-refractivity contribution is 0.479. The van der Waals surface area contributed by atoms with E-state index in [-0.39, 0.29) is 0 Å². The van der Waals surface area contributed by atoms with Crippen LogP contribution in [0.3, 0.4) is 0 Å². The fraction of sp³-hybridized carbons (Fsp3) is 0.267. The summed E-state index contributed by atoms with van der Waals surface area (Å²) in [5, 5.41) is 3.37. The lowest BCUT2D eigenvalue weighted by atomic mass is 10.2. The van der Waals surface area contributed by atoms with Crippen molar-refractivity contribution in [2.24, 2.45) is 0 Å². The topological polar surface area (TPSA) is 34.1 Å². The summed E-state index contributed by atoms with van der Waals surface area (Å²) in [6.45, 7) is 4.07. The van der Waals surface area contributed by atoms with Crippen LogP contribution in [0.2, 0.25) is 0 Å². The standard InChI is InChI=1S/C15H18N2O/c1-2-8-16-11-13-5-3-6-14(10-13)18-15-7-4-9-17-12-15/h3-7,9-10,12,16H,2,8,11H2,1H3. The zero-order valence-corrected chi connectivity index (χ0v) is 10.6. The third kappa shape index (κ3) is 3.86. The summed E-state index contributed by atoms with van der Waals surface area (Å²) in [6, 6.07) is 11.9. The second-order valence-corrected chi connectivity index (χ2v) is 4.11. The number of ether oxygens (including phenoxy) is 1. The summed E-state index contributed by atoms with van der Waals surface area (Å²) in [6.07, 6.45) is 4.59. The molecular formula is C15H18N2O. The molecule has 18 heavy (non-hydrogen) atoms. The van der Waals surface area contributed by atoms with E-state index < -0.39 is 0 Å². The van der Waals surface area contributed by atoms with Gasteiger partial charge in [-0.2, -0.15) is 0 Å². The minimum atomic E-state index is 0.760. The number of aromatic nitrogens is 1. The van der Waals surface area contributed by atoms with Gasteiger partial charge in [0.25, 0.3) is 0 Å². The van der Waals surface area contributed by atoms with Crippen LogP contribution >= 0.6 is 0 Å². The molecule has 0 spiro atoms. The predicted octanol–water partition coefficient (Wildman–Crippen LogP) is 3.37. The molecule has 1 heterocycles. The smallest absolute Gasteiger partial charge is 0.145 e. The fourth-order valence-corrected chi connectivity index (χ4v) is 1.67. The molecule has 1 aromatic heterocycles. The Morgan fingerprint density at radius 3 is 2.83 bits per heavy atom. The van der Waals surface area contributed by atoms with E-state index in [1.807, 2.05) is 24.3 Å². The maximum atomic E-state index is 5.74. The van der Waals surface area contributed by atoms with E-state index in [1.165, 1.54) is 5.56 Å². The lowest BCUT2D eigenvalue weighted by Crippen LogP contribution is -2.13. The van der Waals surface area contributed by atoms with Gasteiger partial charge in [0.15, 0.2) is 0 Å². The highest BCUT2D eigenvalue weighted by atomic mass is 16.5. The second kappa shape index (κ2) is 6.77. The van der Waals surface area contributed by atoms with Crippen LogP contribution in [0.4, 0.5) is 0 Å². The molecule has 0 bridgehead atoms. The molecule has 0 aliphatic heterocycles. The molecule has 1 aromatic carbocycles. The molecule has 0 amide bonds. The third-order valence-electron chi connectivity index (χ3n) is 2.52. The average molecular weight is 242 g/mol. The van der Waals surface area contributed by atoms with Crippen molar-refractivity contribution in [3.63, 3.8) is 0 Å². The van der Waals surface area contributed by atoms with Crippen molar-refractivity contribution >= 4 is 0 Å². The van der Waals surface area contributed by atoms with Gasteiger partial charge in [-0.25, -0.2) is 0 Å². The first kappa shape index (κ1) is 12.6. The van der Waals surface area contributed by atoms with Crippen LogP contribution in [0.1, 0.15) is 18.9 Å². The Kier molecular flexibility index (Phi) is 4.73. The molecule has 0 atom stereocenters. The van der Waals surface area contributed by atoms with Crippen LogP contribution in [0.25, 0.3) is 0 Å². The van der Waals surface area contributed by atoms with Gasteiger partial charge in [-0.3, -0.25) is 4.98 Å². The van der Waals surface area contributed by atoms with E-state index in [1.54, 1.807) is 12.4 Å². The molecule has 0 aliphatic carbocycles. The van der Waals surface area contributed by atoms with Crippen LogP contribution < -0.4 is 10.1 Å². The zero-order valence-electron chi connectivity index (χ0n) is 10.6. The second-order valence-electron chi connectivity index (χ2n) is 4.11. The van der Waals surface area contributed by atoms with E-state index in [0.29, 0.717) is 0 Å². The maximum absolute atomic E-state index is 5.74. The first-order chi connectivity index (χ1) is 8.88. The van der Waals surface area contributed by atoms with Crippen molar-refractivity contribution < 1.29 is 4.74 Å². The molecule has 0 radical (unpaired) electrons. The maximum Gasteiger partial charge on any atom is 0.145 e. The zero-order chi connectivity index (χ0) is 12.6. The average Bonchev–Trinajstić information content (AvgIpc) is 2.41. The molecule has 2 rings (SSSR count). The predicted molar refractivity (Wildman–Crippen MR) is 72.8 cm³/mol. The Bertz CT molecular complexity index is 471. The van der Waals surface area contributed by atoms with Crippen molar-refractivity contribution in [1.29, 1.82) is 0 Å². The van der Waals surface area contributed by atoms with Crippen molar-refractivity contribution in [3.05, 3.63) is 54.4 Å². The number of nitrogens with one attached hydrogen (secondary N) is 1. The Morgan fingerprint density at radius 2 is 2.06 bits per heavy atom. The number of nitrogens with zero attached hydrogens (tertiary/aromatic N) is 1. The Hall–Kier alpha value is -1.87. The number of rotatable bonds is 6. The van der Waals surface area contributed by atoms with Gasteiger partial charge >= 0.3 is 0 Å². The highest BCUT2D eigenvalue weighted by molar-refractivity contribution is 5.32. The van der Waals surface area contributed by atoms with Gasteiger partial charge in [0.2, 0.25) is 0 Å². The Balaban J connectivity index is 1.99. The Labute approximate surface area is 108 Å². The van der Waals surface area contributed by atoms with Gasteiger partial charge in [0.05, 0.1) is 6.20 Å². The van der Waals surface area contributed by atoms with E-state index in [9.17, 15) is 0 Å². The van der Waals surface area contributed by atoms with Crippen LogP contribution in [0.15, 0.2) is 48.8 Å². The van der Waals surface area contributed by atoms with Gasteiger partial charge in [-0.05, 0) is 42.8 Å². The van der Waals surface area contributed by atoms with E-state index in [4.69, 9.17) is 4.74 Å². The quantitative estimate of drug-likeness (QED) is 0.788. The number of hydrogen-bond acceptors (Lipinski definition) is 3. The van der Waals surface area contributed by atoms with Crippen molar-refractivity contribution in [1.82, 2.24) is 10.3 Å². The van der Waals surface area contributed by atoms with E-state index >= 15 is 0 Å². The molecule has 2 aromatic rings. The summed E-state index contributed by atoms with van der Waals surface area (Å²) in [4.78, 5) is 4.03. The van der Waals surface area contributed by atoms with Gasteiger partial charge in [0.1, 0.15) is 11.5 Å². The van der Waals surface area contributed by atoms with E-state index in [0.717, 1.165) is 31.0 Å². The SMILES string of the molecule is CCCNCc1cccc(Oc2cccnc2)c1. The highest BCUT2D eigenvalue weighted by Crippen LogP contribution is 2.20. The minimum absolute atomic E-state index is 0.760. The molecule has 0 saturated heterocycles. The molecular weight excluding hydrogens is 224 g/mol. The molecule has 0 fully saturated rings. The van der Waals surface area contributed by atoms with Gasteiger partial charge in [-0.1, -0.05) is 19.1 Å². The summed E-state index contributed by atoms with van der Waals surface area (Å²) >= 11 is 0. The molecule has 0 aliphatic rings.